The summed E-state index contributed by atoms with van der Waals surface area (Å²) in [4.78, 5) is 36.7. The van der Waals surface area contributed by atoms with Crippen LogP contribution in [0.1, 0.15) is 32.2 Å². The lowest BCUT2D eigenvalue weighted by atomic mass is 10.1. The Morgan fingerprint density at radius 1 is 0.931 bits per heavy atom. The van der Waals surface area contributed by atoms with Gasteiger partial charge in [-0.05, 0) is 55.8 Å². The van der Waals surface area contributed by atoms with Crippen molar-refractivity contribution < 1.29 is 23.5 Å². The number of aryl methyl sites for hydroxylation is 2. The number of para-hydroxylation sites is 1. The van der Waals surface area contributed by atoms with Crippen LogP contribution in [0.4, 0.5) is 11.4 Å². The zero-order valence-electron chi connectivity index (χ0n) is 16.0. The molecule has 0 radical (unpaired) electrons. The van der Waals surface area contributed by atoms with Gasteiger partial charge in [0.2, 0.25) is 5.76 Å². The lowest BCUT2D eigenvalue weighted by molar-refractivity contribution is -0.119. The summed E-state index contributed by atoms with van der Waals surface area (Å²) in [6.45, 7) is 3.11. The first-order chi connectivity index (χ1) is 13.9. The van der Waals surface area contributed by atoms with Gasteiger partial charge < -0.3 is 19.8 Å². The van der Waals surface area contributed by atoms with Gasteiger partial charge in [0.15, 0.2) is 6.61 Å². The van der Waals surface area contributed by atoms with E-state index in [4.69, 9.17) is 9.15 Å². The van der Waals surface area contributed by atoms with Crippen LogP contribution in [0.15, 0.2) is 65.1 Å². The van der Waals surface area contributed by atoms with Crippen LogP contribution < -0.4 is 10.6 Å². The molecule has 0 aliphatic carbocycles. The monoisotopic (exact) mass is 392 g/mol. The van der Waals surface area contributed by atoms with Crippen molar-refractivity contribution in [2.75, 3.05) is 17.2 Å². The van der Waals surface area contributed by atoms with E-state index < -0.39 is 18.5 Å². The standard InChI is InChI=1S/C22H20N2O5/c1-14-6-5-7-16(12-14)23-21(26)17-8-3-4-9-18(17)24-20(25)13-28-22(27)19-11-10-15(2)29-19/h3-12H,13H2,1-2H3,(H,23,26)(H,24,25). The Bertz CT molecular complexity index is 1050. The van der Waals surface area contributed by atoms with Crippen molar-refractivity contribution >= 4 is 29.2 Å². The maximum absolute atomic E-state index is 12.6. The molecule has 1 heterocycles. The quantitative estimate of drug-likeness (QED) is 0.619. The first kappa shape index (κ1) is 19.9. The van der Waals surface area contributed by atoms with Gasteiger partial charge in [0.05, 0.1) is 11.3 Å². The molecule has 1 aromatic heterocycles. The van der Waals surface area contributed by atoms with Crippen molar-refractivity contribution in [3.8, 4) is 0 Å². The topological polar surface area (TPSA) is 97.6 Å². The first-order valence-electron chi connectivity index (χ1n) is 8.93. The average Bonchev–Trinajstić information content (AvgIpc) is 3.13. The van der Waals surface area contributed by atoms with E-state index in [2.05, 4.69) is 10.6 Å². The second kappa shape index (κ2) is 8.88. The van der Waals surface area contributed by atoms with Gasteiger partial charge in [-0.3, -0.25) is 9.59 Å². The molecule has 0 aliphatic heterocycles. The average molecular weight is 392 g/mol. The molecule has 29 heavy (non-hydrogen) atoms. The third kappa shape index (κ3) is 5.32. The molecule has 0 saturated heterocycles. The summed E-state index contributed by atoms with van der Waals surface area (Å²) >= 11 is 0. The highest BCUT2D eigenvalue weighted by molar-refractivity contribution is 6.10. The highest BCUT2D eigenvalue weighted by Crippen LogP contribution is 2.18. The normalized spacial score (nSPS) is 10.3. The van der Waals surface area contributed by atoms with Crippen molar-refractivity contribution in [1.82, 2.24) is 0 Å². The third-order valence-corrected chi connectivity index (χ3v) is 4.00. The maximum atomic E-state index is 12.6. The summed E-state index contributed by atoms with van der Waals surface area (Å²) < 4.78 is 10.1. The molecule has 2 N–H and O–H groups in total. The minimum absolute atomic E-state index is 0.0215. The molecule has 0 spiro atoms. The van der Waals surface area contributed by atoms with E-state index >= 15 is 0 Å². The maximum Gasteiger partial charge on any atom is 0.374 e. The molecule has 148 valence electrons. The molecule has 0 atom stereocenters. The number of hydrogen-bond acceptors (Lipinski definition) is 5. The number of rotatable bonds is 6. The number of carbonyl (C=O) groups excluding carboxylic acids is 3. The Hall–Kier alpha value is -3.87. The largest absolute Gasteiger partial charge is 0.454 e. The van der Waals surface area contributed by atoms with Crippen molar-refractivity contribution in [2.24, 2.45) is 0 Å². The van der Waals surface area contributed by atoms with Crippen molar-refractivity contribution in [3.05, 3.63) is 83.3 Å². The van der Waals surface area contributed by atoms with Gasteiger partial charge in [-0.2, -0.15) is 0 Å². The predicted molar refractivity (Wildman–Crippen MR) is 108 cm³/mol. The van der Waals surface area contributed by atoms with E-state index in [-0.39, 0.29) is 17.2 Å². The molecule has 7 nitrogen and oxygen atoms in total. The van der Waals surface area contributed by atoms with Gasteiger partial charge in [0.1, 0.15) is 5.76 Å². The van der Waals surface area contributed by atoms with Crippen LogP contribution in [-0.4, -0.2) is 24.4 Å². The summed E-state index contributed by atoms with van der Waals surface area (Å²) in [5.74, 6) is -1.09. The fraction of sp³-hybridized carbons (Fsp3) is 0.136. The van der Waals surface area contributed by atoms with Crippen LogP contribution in [0, 0.1) is 13.8 Å². The molecular formula is C22H20N2O5. The molecular weight excluding hydrogens is 372 g/mol. The second-order valence-electron chi connectivity index (χ2n) is 6.40. The molecule has 0 bridgehead atoms. The van der Waals surface area contributed by atoms with E-state index in [0.29, 0.717) is 17.1 Å². The Morgan fingerprint density at radius 2 is 1.72 bits per heavy atom. The van der Waals surface area contributed by atoms with Gasteiger partial charge in [-0.1, -0.05) is 24.3 Å². The Labute approximate surface area is 167 Å². The number of amides is 2. The van der Waals surface area contributed by atoms with E-state index in [0.717, 1.165) is 5.56 Å². The summed E-state index contributed by atoms with van der Waals surface area (Å²) in [7, 11) is 0. The summed E-state index contributed by atoms with van der Waals surface area (Å²) in [6, 6.07) is 17.1. The second-order valence-corrected chi connectivity index (χ2v) is 6.40. The summed E-state index contributed by atoms with van der Waals surface area (Å²) in [5, 5.41) is 5.39. The number of benzene rings is 2. The smallest absolute Gasteiger partial charge is 0.374 e. The molecule has 2 amide bonds. The Morgan fingerprint density at radius 3 is 2.45 bits per heavy atom. The molecule has 3 rings (SSSR count). The minimum atomic E-state index is -0.737. The number of esters is 1. The van der Waals surface area contributed by atoms with Gasteiger partial charge in [-0.25, -0.2) is 4.79 Å². The zero-order valence-corrected chi connectivity index (χ0v) is 16.0. The van der Waals surface area contributed by atoms with Crippen LogP contribution in [-0.2, 0) is 9.53 Å². The zero-order chi connectivity index (χ0) is 20.8. The first-order valence-corrected chi connectivity index (χ1v) is 8.93. The van der Waals surface area contributed by atoms with Crippen molar-refractivity contribution in [3.63, 3.8) is 0 Å². The highest BCUT2D eigenvalue weighted by Gasteiger charge is 2.16. The summed E-state index contributed by atoms with van der Waals surface area (Å²) in [5.41, 5.74) is 2.26. The molecule has 7 heteroatoms. The fourth-order valence-corrected chi connectivity index (χ4v) is 2.64. The molecule has 0 fully saturated rings. The number of hydrogen-bond donors (Lipinski definition) is 2. The lowest BCUT2D eigenvalue weighted by Gasteiger charge is -2.12. The molecule has 2 aromatic carbocycles. The van der Waals surface area contributed by atoms with Crippen LogP contribution >= 0.6 is 0 Å². The van der Waals surface area contributed by atoms with Gasteiger partial charge in [0, 0.05) is 5.69 Å². The van der Waals surface area contributed by atoms with Crippen LogP contribution in [0.2, 0.25) is 0 Å². The summed E-state index contributed by atoms with van der Waals surface area (Å²) in [6.07, 6.45) is 0. The third-order valence-electron chi connectivity index (χ3n) is 4.00. The Kier molecular flexibility index (Phi) is 6.09. The van der Waals surface area contributed by atoms with Gasteiger partial charge in [-0.15, -0.1) is 0 Å². The number of carbonyl (C=O) groups is 3. The number of ether oxygens (including phenoxy) is 1. The van der Waals surface area contributed by atoms with Gasteiger partial charge >= 0.3 is 5.97 Å². The number of furan rings is 1. The number of nitrogens with one attached hydrogen (secondary N) is 2. The fourth-order valence-electron chi connectivity index (χ4n) is 2.64. The molecule has 0 saturated carbocycles. The van der Waals surface area contributed by atoms with E-state index in [1.54, 1.807) is 43.3 Å². The molecule has 3 aromatic rings. The highest BCUT2D eigenvalue weighted by atomic mass is 16.5. The van der Waals surface area contributed by atoms with E-state index in [9.17, 15) is 14.4 Å². The van der Waals surface area contributed by atoms with Gasteiger partial charge in [0.25, 0.3) is 11.8 Å². The molecule has 0 aliphatic rings. The van der Waals surface area contributed by atoms with Crippen molar-refractivity contribution in [2.45, 2.75) is 13.8 Å². The van der Waals surface area contributed by atoms with Crippen molar-refractivity contribution in [1.29, 1.82) is 0 Å². The SMILES string of the molecule is Cc1cccc(NC(=O)c2ccccc2NC(=O)COC(=O)c2ccc(C)o2)c1. The van der Waals surface area contributed by atoms with E-state index in [1.807, 2.05) is 25.1 Å². The molecule has 0 unspecified atom stereocenters. The lowest BCUT2D eigenvalue weighted by Crippen LogP contribution is -2.23. The predicted octanol–water partition coefficient (Wildman–Crippen LogP) is 3.94. The number of anilines is 2. The minimum Gasteiger partial charge on any atom is -0.454 e. The van der Waals surface area contributed by atoms with Crippen LogP contribution in [0.5, 0.6) is 0 Å². The Balaban J connectivity index is 1.63. The van der Waals surface area contributed by atoms with E-state index in [1.165, 1.54) is 6.07 Å². The van der Waals surface area contributed by atoms with Crippen LogP contribution in [0.25, 0.3) is 0 Å². The van der Waals surface area contributed by atoms with Crippen LogP contribution in [0.3, 0.4) is 0 Å².